The second kappa shape index (κ2) is 5.85. The Balaban J connectivity index is 2.28. The van der Waals surface area contributed by atoms with Crippen molar-refractivity contribution in [2.24, 2.45) is 0 Å². The molecule has 0 aliphatic carbocycles. The molecule has 2 aromatic rings. The number of pyridine rings is 1. The summed E-state index contributed by atoms with van der Waals surface area (Å²) in [5.74, 6) is 0.233. The first-order chi connectivity index (χ1) is 9.29. The van der Waals surface area contributed by atoms with Crippen molar-refractivity contribution in [2.45, 2.75) is 24.7 Å². The number of hydrogen-bond acceptors (Lipinski definition) is 5. The molecule has 0 fully saturated rings. The van der Waals surface area contributed by atoms with Gasteiger partial charge in [0.15, 0.2) is 5.13 Å². The fourth-order valence-electron chi connectivity index (χ4n) is 1.32. The quantitative estimate of drug-likeness (QED) is 0.851. The lowest BCUT2D eigenvalue weighted by Gasteiger charge is -2.05. The molecular formula is C11H11Cl2N3O2S2. The Labute approximate surface area is 131 Å². The average molecular weight is 352 g/mol. The normalized spacial score (nSPS) is 11.8. The molecule has 0 radical (unpaired) electrons. The second-order valence-electron chi connectivity index (χ2n) is 4.28. The topological polar surface area (TPSA) is 72.0 Å². The van der Waals surface area contributed by atoms with E-state index in [0.29, 0.717) is 5.13 Å². The fourth-order valence-corrected chi connectivity index (χ4v) is 3.75. The van der Waals surface area contributed by atoms with Crippen LogP contribution in [0.5, 0.6) is 0 Å². The van der Waals surface area contributed by atoms with Gasteiger partial charge >= 0.3 is 0 Å². The zero-order valence-corrected chi connectivity index (χ0v) is 13.7. The van der Waals surface area contributed by atoms with Crippen LogP contribution in [0.4, 0.5) is 5.13 Å². The van der Waals surface area contributed by atoms with Gasteiger partial charge in [-0.2, -0.15) is 0 Å². The van der Waals surface area contributed by atoms with Crippen LogP contribution in [0.3, 0.4) is 0 Å². The van der Waals surface area contributed by atoms with Crippen LogP contribution in [0.1, 0.15) is 25.5 Å². The summed E-state index contributed by atoms with van der Waals surface area (Å²) in [4.78, 5) is 7.86. The molecule has 0 atom stereocenters. The van der Waals surface area contributed by atoms with E-state index in [1.54, 1.807) is 0 Å². The van der Waals surface area contributed by atoms with Crippen molar-refractivity contribution in [2.75, 3.05) is 4.72 Å². The van der Waals surface area contributed by atoms with E-state index in [1.165, 1.54) is 17.4 Å². The highest BCUT2D eigenvalue weighted by Crippen LogP contribution is 2.26. The van der Waals surface area contributed by atoms with Crippen molar-refractivity contribution in [3.05, 3.63) is 33.5 Å². The van der Waals surface area contributed by atoms with Crippen molar-refractivity contribution in [1.82, 2.24) is 9.97 Å². The van der Waals surface area contributed by atoms with Crippen molar-refractivity contribution in [1.29, 1.82) is 0 Å². The molecule has 0 amide bonds. The maximum absolute atomic E-state index is 12.2. The van der Waals surface area contributed by atoms with Crippen molar-refractivity contribution >= 4 is 49.7 Å². The molecule has 20 heavy (non-hydrogen) atoms. The monoisotopic (exact) mass is 351 g/mol. The van der Waals surface area contributed by atoms with E-state index in [1.807, 2.05) is 19.2 Å². The number of nitrogens with one attached hydrogen (secondary N) is 1. The van der Waals surface area contributed by atoms with E-state index in [4.69, 9.17) is 23.2 Å². The number of anilines is 1. The van der Waals surface area contributed by atoms with Crippen LogP contribution >= 0.6 is 34.5 Å². The number of nitrogens with zero attached hydrogens (tertiary/aromatic N) is 2. The van der Waals surface area contributed by atoms with Crippen LogP contribution < -0.4 is 4.72 Å². The third-order valence-electron chi connectivity index (χ3n) is 2.42. The highest BCUT2D eigenvalue weighted by Gasteiger charge is 2.18. The molecule has 9 heteroatoms. The standard InChI is InChI=1S/C11H11Cl2N3O2S2/c1-6(2)9-5-19-11(15-9)16-20(17,18)7-3-8(12)10(13)14-4-7/h3-6H,1-2H3,(H,15,16). The summed E-state index contributed by atoms with van der Waals surface area (Å²) in [7, 11) is -3.77. The third kappa shape index (κ3) is 3.41. The third-order valence-corrected chi connectivity index (χ3v) is 5.31. The summed E-state index contributed by atoms with van der Waals surface area (Å²) < 4.78 is 26.7. The van der Waals surface area contributed by atoms with Gasteiger partial charge in [-0.25, -0.2) is 18.4 Å². The molecule has 0 spiro atoms. The highest BCUT2D eigenvalue weighted by atomic mass is 35.5. The number of rotatable bonds is 4. The van der Waals surface area contributed by atoms with Crippen LogP contribution in [0.15, 0.2) is 22.5 Å². The molecule has 0 unspecified atom stereocenters. The minimum absolute atomic E-state index is 0.0574. The average Bonchev–Trinajstić information content (AvgIpc) is 2.80. The summed E-state index contributed by atoms with van der Waals surface area (Å²) in [5.41, 5.74) is 0.833. The van der Waals surface area contributed by atoms with Crippen LogP contribution in [-0.4, -0.2) is 18.4 Å². The lowest BCUT2D eigenvalue weighted by molar-refractivity contribution is 0.600. The molecule has 0 aliphatic heterocycles. The van der Waals surface area contributed by atoms with E-state index < -0.39 is 10.0 Å². The minimum Gasteiger partial charge on any atom is -0.255 e. The molecule has 5 nitrogen and oxygen atoms in total. The lowest BCUT2D eigenvalue weighted by atomic mass is 10.2. The van der Waals surface area contributed by atoms with E-state index in [2.05, 4.69) is 14.7 Å². The lowest BCUT2D eigenvalue weighted by Crippen LogP contribution is -2.13. The molecule has 2 aromatic heterocycles. The zero-order chi connectivity index (χ0) is 14.9. The Hall–Kier alpha value is -0.890. The summed E-state index contributed by atoms with van der Waals surface area (Å²) >= 11 is 12.7. The predicted octanol–water partition coefficient (Wildman–Crippen LogP) is 3.77. The minimum atomic E-state index is -3.77. The molecule has 2 rings (SSSR count). The summed E-state index contributed by atoms with van der Waals surface area (Å²) in [5, 5.41) is 2.26. The first-order valence-electron chi connectivity index (χ1n) is 5.59. The molecule has 2 heterocycles. The van der Waals surface area contributed by atoms with Gasteiger partial charge in [-0.3, -0.25) is 4.72 Å². The summed E-state index contributed by atoms with van der Waals surface area (Å²) in [6.07, 6.45) is 1.15. The first-order valence-corrected chi connectivity index (χ1v) is 8.71. The molecule has 0 bridgehead atoms. The van der Waals surface area contributed by atoms with Gasteiger partial charge in [0.2, 0.25) is 0 Å². The van der Waals surface area contributed by atoms with Crippen molar-refractivity contribution in [3.8, 4) is 0 Å². The highest BCUT2D eigenvalue weighted by molar-refractivity contribution is 7.93. The summed E-state index contributed by atoms with van der Waals surface area (Å²) in [6.45, 7) is 3.96. The first kappa shape index (κ1) is 15.5. The van der Waals surface area contributed by atoms with Gasteiger partial charge in [0.1, 0.15) is 10.0 Å². The smallest absolute Gasteiger partial charge is 0.255 e. The number of thiazole rings is 1. The Morgan fingerprint density at radius 1 is 1.35 bits per heavy atom. The molecule has 0 saturated carbocycles. The fraction of sp³-hybridized carbons (Fsp3) is 0.273. The maximum atomic E-state index is 12.2. The van der Waals surface area contributed by atoms with Crippen molar-refractivity contribution < 1.29 is 8.42 Å². The largest absolute Gasteiger partial charge is 0.265 e. The van der Waals surface area contributed by atoms with Crippen LogP contribution in [0.2, 0.25) is 10.2 Å². The molecule has 1 N–H and O–H groups in total. The van der Waals surface area contributed by atoms with Gasteiger partial charge in [0.25, 0.3) is 10.0 Å². The van der Waals surface area contributed by atoms with E-state index in [-0.39, 0.29) is 21.0 Å². The molecular weight excluding hydrogens is 341 g/mol. The van der Waals surface area contributed by atoms with Gasteiger partial charge in [-0.15, -0.1) is 11.3 Å². The Kier molecular flexibility index (Phi) is 4.53. The van der Waals surface area contributed by atoms with E-state index in [9.17, 15) is 8.42 Å². The Bertz CT molecular complexity index is 729. The second-order valence-corrected chi connectivity index (χ2v) is 7.59. The Morgan fingerprint density at radius 2 is 2.05 bits per heavy atom. The predicted molar refractivity (Wildman–Crippen MR) is 81.3 cm³/mol. The number of aromatic nitrogens is 2. The van der Waals surface area contributed by atoms with Gasteiger partial charge < -0.3 is 0 Å². The van der Waals surface area contributed by atoms with Gasteiger partial charge in [-0.1, -0.05) is 37.0 Å². The number of halogens is 2. The number of sulfonamides is 1. The van der Waals surface area contributed by atoms with Gasteiger partial charge in [0, 0.05) is 11.6 Å². The SMILES string of the molecule is CC(C)c1csc(NS(=O)(=O)c2cnc(Cl)c(Cl)c2)n1. The van der Waals surface area contributed by atoms with Crippen LogP contribution in [0, 0.1) is 0 Å². The molecule has 0 saturated heterocycles. The van der Waals surface area contributed by atoms with Gasteiger partial charge in [0.05, 0.1) is 10.7 Å². The molecule has 0 aromatic carbocycles. The maximum Gasteiger partial charge on any atom is 0.265 e. The number of hydrogen-bond donors (Lipinski definition) is 1. The van der Waals surface area contributed by atoms with Crippen molar-refractivity contribution in [3.63, 3.8) is 0 Å². The van der Waals surface area contributed by atoms with Crippen LogP contribution in [-0.2, 0) is 10.0 Å². The zero-order valence-electron chi connectivity index (χ0n) is 10.6. The van der Waals surface area contributed by atoms with E-state index in [0.717, 1.165) is 11.9 Å². The Morgan fingerprint density at radius 3 is 2.60 bits per heavy atom. The van der Waals surface area contributed by atoms with E-state index >= 15 is 0 Å². The summed E-state index contributed by atoms with van der Waals surface area (Å²) in [6, 6.07) is 1.25. The van der Waals surface area contributed by atoms with Gasteiger partial charge in [-0.05, 0) is 12.0 Å². The molecule has 0 aliphatic rings. The molecule has 108 valence electrons. The van der Waals surface area contributed by atoms with Crippen LogP contribution in [0.25, 0.3) is 0 Å².